The molecule has 5 aliphatic heterocycles. The van der Waals surface area contributed by atoms with Gasteiger partial charge in [0.15, 0.2) is 30.8 Å². The van der Waals surface area contributed by atoms with Gasteiger partial charge in [-0.15, -0.1) is 0 Å². The van der Waals surface area contributed by atoms with Gasteiger partial charge in [0.2, 0.25) is 10.4 Å². The number of carbonyl (C=O) groups excluding carboxylic acids is 2. The molecule has 0 aromatic rings. The van der Waals surface area contributed by atoms with Crippen molar-refractivity contribution in [3.63, 3.8) is 0 Å². The number of fused-ring (bicyclic) bond motifs is 4. The van der Waals surface area contributed by atoms with Gasteiger partial charge in [0, 0.05) is 19.4 Å². The fourth-order valence-electron chi connectivity index (χ4n) is 16.3. The standard InChI is InChI=1S/C55H86O27S.Na/c1-24(2)11-10-16-53(8)55(67)34(74-25(3)58)19-52(7)27-12-13-32-50(4,5)33(15-17-51(32,6)26(27)14-18-54(52,55)49(66)81-53)77-48-44(36(61)31(23-73-48)82-83(68,69)70)80-46-38(63)37(62)42(30(21-57)76-46)79-45-39(64)41(28(59)22-72-45)78-47-40(65)43(71-9)35(60)29(20-56)75-47;/h11-12,26,28-48,56-57,59-65,67H,10,13-23H2,1-9H3,(H,68,69,70);/q;+1/p-1/t26?,28-,29?,30?,31-,32?,33+,34+,35-,36?,37?,38?,39?,40?,41?,42-,43?,44?,45+,46+,47+,48+,51-,52+,53+,54?,55+;/m1./s1. The predicted molar refractivity (Wildman–Crippen MR) is 277 cm³/mol. The number of aliphatic hydroxyl groups is 10. The van der Waals surface area contributed by atoms with Gasteiger partial charge in [-0.05, 0) is 94.8 Å². The third-order valence-electron chi connectivity index (χ3n) is 20.4. The van der Waals surface area contributed by atoms with Gasteiger partial charge in [-0.25, -0.2) is 8.42 Å². The van der Waals surface area contributed by atoms with Crippen molar-refractivity contribution in [2.45, 2.75) is 241 Å². The second-order valence-electron chi connectivity index (χ2n) is 25.7. The van der Waals surface area contributed by atoms with Crippen molar-refractivity contribution in [2.24, 2.45) is 33.5 Å². The molecule has 27 atom stereocenters. The Morgan fingerprint density at radius 2 is 1.37 bits per heavy atom. The van der Waals surface area contributed by atoms with Gasteiger partial charge in [0.25, 0.3) is 0 Å². The molecule has 0 radical (unpaired) electrons. The van der Waals surface area contributed by atoms with Gasteiger partial charge in [0.1, 0.15) is 103 Å². The van der Waals surface area contributed by atoms with E-state index in [4.69, 9.17) is 52.1 Å². The van der Waals surface area contributed by atoms with E-state index in [2.05, 4.69) is 17.2 Å². The summed E-state index contributed by atoms with van der Waals surface area (Å²) in [6.07, 6.45) is -25.6. The molecular weight excluding hydrogens is 1150 g/mol. The molecule has 0 aromatic heterocycles. The Labute approximate surface area is 510 Å². The number of cyclic esters (lactones) is 1. The minimum absolute atomic E-state index is 0. The van der Waals surface area contributed by atoms with Crippen molar-refractivity contribution in [3.05, 3.63) is 23.3 Å². The second-order valence-corrected chi connectivity index (χ2v) is 26.7. The molecular formula is C55H85NaO27S. The van der Waals surface area contributed by atoms with Crippen molar-refractivity contribution >= 4 is 22.3 Å². The van der Waals surface area contributed by atoms with Crippen LogP contribution < -0.4 is 29.6 Å². The number of aliphatic hydroxyl groups excluding tert-OH is 9. The van der Waals surface area contributed by atoms with E-state index < -0.39 is 204 Å². The Bertz CT molecular complexity index is 2540. The number of methoxy groups -OCH3 is 1. The summed E-state index contributed by atoms with van der Waals surface area (Å²) in [6.45, 7) is 12.3. The van der Waals surface area contributed by atoms with Crippen LogP contribution in [0.15, 0.2) is 23.3 Å². The molecule has 1 spiro atoms. The molecule has 9 aliphatic rings. The summed E-state index contributed by atoms with van der Waals surface area (Å²) in [5, 5.41) is 112. The van der Waals surface area contributed by atoms with Crippen LogP contribution in [0.5, 0.6) is 0 Å². The average molecular weight is 1230 g/mol. The summed E-state index contributed by atoms with van der Waals surface area (Å²) in [6, 6.07) is 0. The van der Waals surface area contributed by atoms with E-state index in [9.17, 15) is 73.6 Å². The van der Waals surface area contributed by atoms with Crippen LogP contribution in [-0.2, 0) is 76.3 Å². The zero-order chi connectivity index (χ0) is 60.9. The van der Waals surface area contributed by atoms with E-state index in [1.165, 1.54) is 14.0 Å². The van der Waals surface area contributed by atoms with Crippen LogP contribution in [0.4, 0.5) is 0 Å². The summed E-state index contributed by atoms with van der Waals surface area (Å²) in [5.41, 5.74) is -4.75. The van der Waals surface area contributed by atoms with Crippen molar-refractivity contribution in [1.29, 1.82) is 0 Å². The van der Waals surface area contributed by atoms with Crippen LogP contribution in [0, 0.1) is 33.5 Å². The number of ether oxygens (including phenoxy) is 11. The Morgan fingerprint density at radius 1 is 0.750 bits per heavy atom. The first-order valence-corrected chi connectivity index (χ1v) is 29.9. The van der Waals surface area contributed by atoms with E-state index in [1.54, 1.807) is 6.92 Å². The summed E-state index contributed by atoms with van der Waals surface area (Å²) in [4.78, 5) is 27.5. The predicted octanol–water partition coefficient (Wildman–Crippen LogP) is -4.63. The third kappa shape index (κ3) is 11.5. The van der Waals surface area contributed by atoms with E-state index in [1.807, 2.05) is 40.7 Å². The smallest absolute Gasteiger partial charge is 0.726 e. The number of hydrogen-bond acceptors (Lipinski definition) is 27. The van der Waals surface area contributed by atoms with Gasteiger partial charge in [-0.2, -0.15) is 0 Å². The van der Waals surface area contributed by atoms with Gasteiger partial charge in [-0.1, -0.05) is 51.0 Å². The number of carbonyl (C=O) groups is 2. The van der Waals surface area contributed by atoms with E-state index >= 15 is 0 Å². The third-order valence-corrected chi connectivity index (χ3v) is 20.9. The normalized spacial score (nSPS) is 49.0. The number of hydrogen-bond donors (Lipinski definition) is 10. The summed E-state index contributed by atoms with van der Waals surface area (Å²) in [5.74, 6) is -1.33. The van der Waals surface area contributed by atoms with Crippen molar-refractivity contribution in [2.75, 3.05) is 33.5 Å². The molecule has 5 heterocycles. The summed E-state index contributed by atoms with van der Waals surface area (Å²) in [7, 11) is -4.28. The monoisotopic (exact) mass is 1230 g/mol. The zero-order valence-electron chi connectivity index (χ0n) is 49.2. The van der Waals surface area contributed by atoms with E-state index in [-0.39, 0.29) is 54.2 Å². The molecule has 8 fully saturated rings. The molecule has 0 aromatic carbocycles. The molecule has 29 heteroatoms. The van der Waals surface area contributed by atoms with Gasteiger partial charge >= 0.3 is 41.5 Å². The van der Waals surface area contributed by atoms with Crippen molar-refractivity contribution in [3.8, 4) is 0 Å². The second kappa shape index (κ2) is 25.3. The maximum atomic E-state index is 14.7. The zero-order valence-corrected chi connectivity index (χ0v) is 52.0. The Balaban J connectivity index is 0.00000920. The van der Waals surface area contributed by atoms with Crippen LogP contribution >= 0.6 is 0 Å². The molecule has 84 heavy (non-hydrogen) atoms. The molecule has 474 valence electrons. The molecule has 5 saturated heterocycles. The minimum atomic E-state index is -5.46. The Hall–Kier alpha value is -1.47. The molecule has 10 N–H and O–H groups in total. The fourth-order valence-corrected chi connectivity index (χ4v) is 16.8. The van der Waals surface area contributed by atoms with Crippen LogP contribution in [0.2, 0.25) is 0 Å². The Morgan fingerprint density at radius 3 is 2.00 bits per heavy atom. The van der Waals surface area contributed by atoms with E-state index in [0.29, 0.717) is 38.5 Å². The summed E-state index contributed by atoms with van der Waals surface area (Å²) < 4.78 is 105. The van der Waals surface area contributed by atoms with Crippen molar-refractivity contribution < 1.29 is 159 Å². The number of rotatable bonds is 17. The first-order valence-electron chi connectivity index (χ1n) is 28.6. The van der Waals surface area contributed by atoms with Gasteiger partial charge < -0.3 is 108 Å². The first kappa shape index (κ1) is 68.4. The SMILES string of the molecule is COC1C(O)[C@H](OC2C(O)[C@H](O[C@@H]3C(CO)O[C@@H](OC4C(O)[C@H](OS(=O)(=O)[O-])CO[C@H]4O[C@H]4CC[C@]5(C)C6CCC78C(=O)O[C@@](C)(CCC=C(C)C)[C@@]7(O)[C@@H](OC(C)=O)C[C@@]8(C)C6=CCC5C4(C)C)C(O)C3O)OC[C@H]2O)OC(CO)[C@H]1O.[Na+]. The van der Waals surface area contributed by atoms with Crippen LogP contribution in [0.1, 0.15) is 107 Å². The molecule has 0 bridgehead atoms. The average Bonchev–Trinajstić information content (AvgIpc) is 1.49. The van der Waals surface area contributed by atoms with Crippen molar-refractivity contribution in [1.82, 2.24) is 0 Å². The first-order chi connectivity index (χ1) is 38.8. The van der Waals surface area contributed by atoms with Crippen LogP contribution in [-0.4, -0.2) is 244 Å². The number of esters is 2. The fraction of sp³-hybridized carbons (Fsp3) is 0.891. The largest absolute Gasteiger partial charge is 1.00 e. The molecule has 27 nitrogen and oxygen atoms in total. The van der Waals surface area contributed by atoms with Crippen LogP contribution in [0.3, 0.4) is 0 Å². The maximum absolute atomic E-state index is 14.7. The van der Waals surface area contributed by atoms with E-state index in [0.717, 1.165) is 11.1 Å². The summed E-state index contributed by atoms with van der Waals surface area (Å²) >= 11 is 0. The molecule has 13 unspecified atom stereocenters. The van der Waals surface area contributed by atoms with Gasteiger partial charge in [0.05, 0.1) is 32.5 Å². The van der Waals surface area contributed by atoms with Crippen LogP contribution in [0.25, 0.3) is 0 Å². The molecule has 4 aliphatic carbocycles. The minimum Gasteiger partial charge on any atom is -0.726 e. The Kier molecular flexibility index (Phi) is 20.6. The maximum Gasteiger partial charge on any atom is 1.00 e. The number of allylic oxidation sites excluding steroid dienone is 4. The molecule has 3 saturated carbocycles. The molecule has 0 amide bonds. The molecule has 9 rings (SSSR count). The van der Waals surface area contributed by atoms with Gasteiger partial charge in [-0.3, -0.25) is 13.8 Å². The topological polar surface area (TPSA) is 404 Å². The quantitative estimate of drug-likeness (QED) is 0.0215.